The zero-order valence-corrected chi connectivity index (χ0v) is 30.1. The third-order valence-electron chi connectivity index (χ3n) is 8.11. The van der Waals surface area contributed by atoms with E-state index in [0.717, 1.165) is 47.3 Å². The molecule has 2 aliphatic rings. The van der Waals surface area contributed by atoms with E-state index in [1.807, 2.05) is 22.4 Å². The highest BCUT2D eigenvalue weighted by Gasteiger charge is 2.24. The minimum Gasteiger partial charge on any atom is -0.476 e. The smallest absolute Gasteiger partial charge is 0.356 e. The summed E-state index contributed by atoms with van der Waals surface area (Å²) in [6, 6.07) is 11.2. The molecule has 0 spiro atoms. The molecule has 6 aromatic rings. The molecule has 2 saturated heterocycles. The van der Waals surface area contributed by atoms with Gasteiger partial charge in [-0.15, -0.1) is 22.7 Å². The van der Waals surface area contributed by atoms with Gasteiger partial charge in [0.25, 0.3) is 5.91 Å². The number of nitrogens with zero attached hydrogens (tertiary/aromatic N) is 9. The summed E-state index contributed by atoms with van der Waals surface area (Å²) < 4.78 is 1.37. The van der Waals surface area contributed by atoms with Gasteiger partial charge in [0.1, 0.15) is 12.1 Å². The van der Waals surface area contributed by atoms with Gasteiger partial charge in [0.05, 0.1) is 31.6 Å². The number of carboxylic acids is 1. The van der Waals surface area contributed by atoms with Crippen LogP contribution in [0.1, 0.15) is 68.9 Å². The van der Waals surface area contributed by atoms with Crippen LogP contribution in [0, 0.1) is 22.7 Å². The fourth-order valence-corrected chi connectivity index (χ4v) is 7.15. The number of fused-ring (bicyclic) bond motifs is 2. The lowest BCUT2D eigenvalue weighted by Crippen LogP contribution is -2.28. The summed E-state index contributed by atoms with van der Waals surface area (Å²) in [7, 11) is 0. The van der Waals surface area contributed by atoms with Crippen LogP contribution in [0.5, 0.6) is 0 Å². The molecule has 1 amide bonds. The second-order valence-electron chi connectivity index (χ2n) is 11.9. The molecule has 8 heterocycles. The van der Waals surface area contributed by atoms with Gasteiger partial charge >= 0.3 is 5.97 Å². The van der Waals surface area contributed by atoms with Crippen LogP contribution in [0.2, 0.25) is 0 Å². The predicted octanol–water partition coefficient (Wildman–Crippen LogP) is 5.44. The van der Waals surface area contributed by atoms with E-state index in [-0.39, 0.29) is 17.5 Å². The lowest BCUT2D eigenvalue weighted by atomic mass is 10.2. The van der Waals surface area contributed by atoms with Crippen LogP contribution in [-0.4, -0.2) is 78.0 Å². The van der Waals surface area contributed by atoms with Gasteiger partial charge in [0.15, 0.2) is 11.4 Å². The van der Waals surface area contributed by atoms with Gasteiger partial charge in [-0.3, -0.25) is 14.8 Å². The quantitative estimate of drug-likeness (QED) is 0.152. The normalized spacial score (nSPS) is 13.3. The zero-order chi connectivity index (χ0) is 37.0. The van der Waals surface area contributed by atoms with Crippen molar-refractivity contribution in [3.05, 3.63) is 93.5 Å². The summed E-state index contributed by atoms with van der Waals surface area (Å²) in [5, 5.41) is 40.0. The standard InChI is InChI=1S/C18H16N6OS.C14H9N5O2S.C4H9N/c19-8-12-7-13(10-20-9-12)11-21-18-22-14-3-6-26-16(14)15(23-18)17(25)24-4-1-2-5-24;15-4-8-3-9(6-16-5-8)7-17-14-18-10-1-2-22-12(10)11(19-14)13(20)21;1-2-4-5-3-1/h3,6-7,9-10H,1-2,4-5,11H2,(H,21,22,23);1-3,5-6H,7H2,(H,20,21)(H,17,18,19);5H,1-4H2. The molecule has 6 aromatic heterocycles. The Bertz CT molecular complexity index is 2300. The summed E-state index contributed by atoms with van der Waals surface area (Å²) in [5.74, 6) is -0.494. The monoisotopic (exact) mass is 746 g/mol. The Hall–Kier alpha value is -6.14. The number of carbonyl (C=O) groups is 2. The number of carboxylic acid groups (broad SMARTS) is 1. The van der Waals surface area contributed by atoms with Gasteiger partial charge in [0, 0.05) is 51.0 Å². The average molecular weight is 747 g/mol. The van der Waals surface area contributed by atoms with Crippen molar-refractivity contribution in [3.8, 4) is 12.1 Å². The molecule has 0 unspecified atom stereocenters. The summed E-state index contributed by atoms with van der Waals surface area (Å²) in [6.07, 6.45) is 11.2. The molecule has 8 rings (SSSR count). The SMILES string of the molecule is C1CCNC1.N#Cc1cncc(CNc2nc(C(=O)N3CCCC3)c3sccc3n2)c1.N#Cc1cncc(CNc2nc(C(=O)O)c3sccc3n2)c1. The number of carbonyl (C=O) groups excluding carboxylic acids is 1. The summed E-state index contributed by atoms with van der Waals surface area (Å²) in [4.78, 5) is 51.3. The van der Waals surface area contributed by atoms with Crippen molar-refractivity contribution < 1.29 is 14.7 Å². The maximum Gasteiger partial charge on any atom is 0.356 e. The van der Waals surface area contributed by atoms with Crippen LogP contribution in [-0.2, 0) is 13.1 Å². The number of anilines is 2. The van der Waals surface area contributed by atoms with E-state index in [1.54, 1.807) is 36.0 Å². The number of thiophene rings is 2. The van der Waals surface area contributed by atoms with Crippen molar-refractivity contribution in [3.63, 3.8) is 0 Å². The number of amides is 1. The van der Waals surface area contributed by atoms with Crippen molar-refractivity contribution in [2.45, 2.75) is 38.8 Å². The summed E-state index contributed by atoms with van der Waals surface area (Å²) in [5.41, 5.74) is 4.38. The fourth-order valence-electron chi connectivity index (χ4n) is 5.52. The van der Waals surface area contributed by atoms with Gasteiger partial charge in [0.2, 0.25) is 11.9 Å². The van der Waals surface area contributed by atoms with E-state index < -0.39 is 5.97 Å². The molecular formula is C36H34N12O3S2. The van der Waals surface area contributed by atoms with Crippen LogP contribution in [0.3, 0.4) is 0 Å². The number of aromatic carboxylic acids is 1. The van der Waals surface area contributed by atoms with Crippen LogP contribution in [0.25, 0.3) is 20.4 Å². The second kappa shape index (κ2) is 17.9. The van der Waals surface area contributed by atoms with E-state index in [1.165, 1.54) is 61.0 Å². The van der Waals surface area contributed by atoms with Gasteiger partial charge in [-0.1, -0.05) is 0 Å². The Morgan fingerprint density at radius 1 is 0.755 bits per heavy atom. The van der Waals surface area contributed by atoms with E-state index in [0.29, 0.717) is 46.1 Å². The molecule has 2 aliphatic heterocycles. The first kappa shape index (κ1) is 36.6. The molecule has 53 heavy (non-hydrogen) atoms. The number of hydrogen-bond donors (Lipinski definition) is 4. The Morgan fingerprint density at radius 2 is 1.26 bits per heavy atom. The van der Waals surface area contributed by atoms with Crippen molar-refractivity contribution in [2.75, 3.05) is 36.8 Å². The number of nitrogens with one attached hydrogen (secondary N) is 3. The first-order valence-corrected chi connectivity index (χ1v) is 18.6. The number of pyridine rings is 2. The number of nitriles is 2. The Morgan fingerprint density at radius 3 is 1.74 bits per heavy atom. The third-order valence-corrected chi connectivity index (χ3v) is 9.93. The molecule has 15 nitrogen and oxygen atoms in total. The summed E-state index contributed by atoms with van der Waals surface area (Å²) >= 11 is 2.77. The maximum absolute atomic E-state index is 12.8. The molecule has 268 valence electrons. The topological polar surface area (TPSA) is 219 Å². The molecule has 2 fully saturated rings. The lowest BCUT2D eigenvalue weighted by Gasteiger charge is -2.15. The van der Waals surface area contributed by atoms with Crippen LogP contribution < -0.4 is 16.0 Å². The van der Waals surface area contributed by atoms with Crippen LogP contribution in [0.15, 0.2) is 59.8 Å². The number of likely N-dealkylation sites (tertiary alicyclic amines) is 1. The van der Waals surface area contributed by atoms with Crippen LogP contribution >= 0.6 is 22.7 Å². The van der Waals surface area contributed by atoms with E-state index in [4.69, 9.17) is 10.5 Å². The van der Waals surface area contributed by atoms with Crippen molar-refractivity contribution in [2.24, 2.45) is 0 Å². The number of aromatic nitrogens is 6. The Kier molecular flexibility index (Phi) is 12.4. The minimum absolute atomic E-state index is 0.0219. The minimum atomic E-state index is -1.09. The largest absolute Gasteiger partial charge is 0.476 e. The predicted molar refractivity (Wildman–Crippen MR) is 202 cm³/mol. The highest BCUT2D eigenvalue weighted by molar-refractivity contribution is 7.17. The molecule has 0 bridgehead atoms. The highest BCUT2D eigenvalue weighted by Crippen LogP contribution is 2.26. The van der Waals surface area contributed by atoms with Gasteiger partial charge in [-0.25, -0.2) is 24.7 Å². The Labute approximate surface area is 312 Å². The van der Waals surface area contributed by atoms with Gasteiger partial charge in [-0.05, 0) is 84.9 Å². The molecular weight excluding hydrogens is 713 g/mol. The summed E-state index contributed by atoms with van der Waals surface area (Å²) in [6.45, 7) is 4.84. The fraction of sp³-hybridized carbons (Fsp3) is 0.278. The molecule has 0 aromatic carbocycles. The first-order chi connectivity index (χ1) is 25.9. The second-order valence-corrected chi connectivity index (χ2v) is 13.7. The third kappa shape index (κ3) is 9.60. The van der Waals surface area contributed by atoms with Crippen molar-refractivity contribution in [1.29, 1.82) is 10.5 Å². The Balaban J connectivity index is 0.000000162. The molecule has 0 radical (unpaired) electrons. The average Bonchev–Trinajstić information content (AvgIpc) is 4.04. The van der Waals surface area contributed by atoms with E-state index >= 15 is 0 Å². The molecule has 4 N–H and O–H groups in total. The first-order valence-electron chi connectivity index (χ1n) is 16.8. The molecule has 17 heteroatoms. The number of hydrogen-bond acceptors (Lipinski definition) is 15. The van der Waals surface area contributed by atoms with E-state index in [2.05, 4.69) is 51.9 Å². The highest BCUT2D eigenvalue weighted by atomic mass is 32.1. The number of rotatable bonds is 8. The van der Waals surface area contributed by atoms with Gasteiger partial charge in [-0.2, -0.15) is 10.5 Å². The zero-order valence-electron chi connectivity index (χ0n) is 28.4. The van der Waals surface area contributed by atoms with Crippen molar-refractivity contribution >= 4 is 66.9 Å². The maximum atomic E-state index is 12.8. The molecule has 0 saturated carbocycles. The van der Waals surface area contributed by atoms with Crippen LogP contribution in [0.4, 0.5) is 11.9 Å². The van der Waals surface area contributed by atoms with Gasteiger partial charge < -0.3 is 26.0 Å². The van der Waals surface area contributed by atoms with Crippen molar-refractivity contribution in [1.82, 2.24) is 40.1 Å². The molecule has 0 atom stereocenters. The van der Waals surface area contributed by atoms with E-state index in [9.17, 15) is 14.7 Å². The molecule has 0 aliphatic carbocycles. The lowest BCUT2D eigenvalue weighted by molar-refractivity contribution is 0.0692.